The highest BCUT2D eigenvalue weighted by molar-refractivity contribution is 5.89. The van der Waals surface area contributed by atoms with Crippen molar-refractivity contribution in [3.63, 3.8) is 0 Å². The minimum Gasteiger partial charge on any atom is -0.340 e. The van der Waals surface area contributed by atoms with E-state index < -0.39 is 0 Å². The molecular weight excluding hydrogens is 324 g/mol. The molecule has 5 nitrogen and oxygen atoms in total. The highest BCUT2D eigenvalue weighted by atomic mass is 16.5. The molecule has 0 amide bonds. The molecule has 2 heterocycles. The second kappa shape index (κ2) is 6.59. The number of hydrogen-bond donors (Lipinski definition) is 1. The van der Waals surface area contributed by atoms with E-state index in [4.69, 9.17) is 9.51 Å². The number of aromatic nitrogens is 3. The van der Waals surface area contributed by atoms with E-state index in [2.05, 4.69) is 40.6 Å². The van der Waals surface area contributed by atoms with Crippen LogP contribution in [-0.4, -0.2) is 15.1 Å². The number of anilines is 2. The van der Waals surface area contributed by atoms with Crippen LogP contribution in [0, 0.1) is 6.92 Å². The fraction of sp³-hybridized carbons (Fsp3) is 0.190. The third-order valence-corrected chi connectivity index (χ3v) is 4.18. The first kappa shape index (κ1) is 16.3. The first-order chi connectivity index (χ1) is 12.6. The maximum Gasteiger partial charge on any atom is 0.229 e. The summed E-state index contributed by atoms with van der Waals surface area (Å²) in [4.78, 5) is 9.36. The summed E-state index contributed by atoms with van der Waals surface area (Å²) in [6.45, 7) is 6.13. The molecule has 0 spiro atoms. The van der Waals surface area contributed by atoms with E-state index >= 15 is 0 Å². The van der Waals surface area contributed by atoms with Gasteiger partial charge in [-0.2, -0.15) is 4.98 Å². The van der Waals surface area contributed by atoms with Crippen molar-refractivity contribution in [1.82, 2.24) is 15.1 Å². The number of aryl methyl sites for hydroxylation is 1. The lowest BCUT2D eigenvalue weighted by Gasteiger charge is -2.11. The Morgan fingerprint density at radius 3 is 2.50 bits per heavy atom. The lowest BCUT2D eigenvalue weighted by atomic mass is 10.1. The Hall–Kier alpha value is -3.21. The molecule has 4 aromatic rings. The van der Waals surface area contributed by atoms with Crippen molar-refractivity contribution in [2.75, 3.05) is 5.32 Å². The van der Waals surface area contributed by atoms with Crippen molar-refractivity contribution < 1.29 is 4.52 Å². The molecule has 0 unspecified atom stereocenters. The lowest BCUT2D eigenvalue weighted by Crippen LogP contribution is -1.98. The predicted molar refractivity (Wildman–Crippen MR) is 104 cm³/mol. The van der Waals surface area contributed by atoms with Gasteiger partial charge in [0, 0.05) is 17.0 Å². The Labute approximate surface area is 152 Å². The molecule has 2 aromatic carbocycles. The third kappa shape index (κ3) is 3.16. The van der Waals surface area contributed by atoms with Gasteiger partial charge in [-0.1, -0.05) is 48.8 Å². The van der Waals surface area contributed by atoms with E-state index in [0.29, 0.717) is 17.5 Å². The van der Waals surface area contributed by atoms with Crippen molar-refractivity contribution in [2.24, 2.45) is 0 Å². The van der Waals surface area contributed by atoms with Gasteiger partial charge in [0.05, 0.1) is 11.1 Å². The zero-order chi connectivity index (χ0) is 18.1. The van der Waals surface area contributed by atoms with Crippen LogP contribution in [0.25, 0.3) is 22.3 Å². The molecule has 26 heavy (non-hydrogen) atoms. The van der Waals surface area contributed by atoms with Crippen molar-refractivity contribution in [3.8, 4) is 11.4 Å². The quantitative estimate of drug-likeness (QED) is 0.532. The van der Waals surface area contributed by atoms with Crippen LogP contribution >= 0.6 is 0 Å². The summed E-state index contributed by atoms with van der Waals surface area (Å²) in [5.41, 5.74) is 3.89. The minimum absolute atomic E-state index is 0.178. The Morgan fingerprint density at radius 2 is 1.77 bits per heavy atom. The molecular formula is C21H20N4O. The zero-order valence-electron chi connectivity index (χ0n) is 15.0. The number of pyridine rings is 1. The lowest BCUT2D eigenvalue weighted by molar-refractivity contribution is 0.365. The molecule has 0 aliphatic rings. The maximum atomic E-state index is 5.40. The van der Waals surface area contributed by atoms with Gasteiger partial charge in [-0.15, -0.1) is 0 Å². The molecule has 0 bridgehead atoms. The largest absolute Gasteiger partial charge is 0.340 e. The average Bonchev–Trinajstić information content (AvgIpc) is 3.12. The van der Waals surface area contributed by atoms with Crippen LogP contribution in [0.4, 0.5) is 11.5 Å². The maximum absolute atomic E-state index is 5.40. The molecule has 0 saturated heterocycles. The van der Waals surface area contributed by atoms with E-state index in [1.165, 1.54) is 5.56 Å². The standard InChI is InChI=1S/C21H20N4O/c1-13(2)21-24-20(25-26-21)17-12-15-11-14(3)9-10-18(15)23-19(17)22-16-7-5-4-6-8-16/h4-13H,1-3H3,(H,22,23). The number of fused-ring (bicyclic) bond motifs is 1. The summed E-state index contributed by atoms with van der Waals surface area (Å²) in [6.07, 6.45) is 0. The number of rotatable bonds is 4. The fourth-order valence-electron chi connectivity index (χ4n) is 2.80. The summed E-state index contributed by atoms with van der Waals surface area (Å²) in [7, 11) is 0. The van der Waals surface area contributed by atoms with E-state index in [-0.39, 0.29) is 5.92 Å². The molecule has 0 aliphatic carbocycles. The number of hydrogen-bond acceptors (Lipinski definition) is 5. The molecule has 0 saturated carbocycles. The van der Waals surface area contributed by atoms with Crippen molar-refractivity contribution >= 4 is 22.4 Å². The zero-order valence-corrected chi connectivity index (χ0v) is 15.0. The van der Waals surface area contributed by atoms with E-state index in [0.717, 1.165) is 22.2 Å². The molecule has 4 rings (SSSR count). The topological polar surface area (TPSA) is 63.8 Å². The summed E-state index contributed by atoms with van der Waals surface area (Å²) >= 11 is 0. The van der Waals surface area contributed by atoms with Crippen LogP contribution < -0.4 is 5.32 Å². The van der Waals surface area contributed by atoms with Crippen LogP contribution in [0.15, 0.2) is 59.1 Å². The third-order valence-electron chi connectivity index (χ3n) is 4.18. The van der Waals surface area contributed by atoms with Crippen LogP contribution in [0.3, 0.4) is 0 Å². The molecule has 0 atom stereocenters. The van der Waals surface area contributed by atoms with E-state index in [1.54, 1.807) is 0 Å². The monoisotopic (exact) mass is 344 g/mol. The van der Waals surface area contributed by atoms with Crippen LogP contribution in [0.2, 0.25) is 0 Å². The van der Waals surface area contributed by atoms with Gasteiger partial charge in [0.25, 0.3) is 0 Å². The Morgan fingerprint density at radius 1 is 0.962 bits per heavy atom. The van der Waals surface area contributed by atoms with E-state index in [9.17, 15) is 0 Å². The van der Waals surface area contributed by atoms with Gasteiger partial charge in [0.15, 0.2) is 0 Å². The van der Waals surface area contributed by atoms with Gasteiger partial charge in [-0.3, -0.25) is 0 Å². The van der Waals surface area contributed by atoms with Crippen molar-refractivity contribution in [3.05, 3.63) is 66.1 Å². The molecule has 130 valence electrons. The second-order valence-electron chi connectivity index (χ2n) is 6.68. The Kier molecular flexibility index (Phi) is 4.13. The summed E-state index contributed by atoms with van der Waals surface area (Å²) in [6, 6.07) is 18.2. The van der Waals surface area contributed by atoms with Crippen molar-refractivity contribution in [2.45, 2.75) is 26.7 Å². The molecule has 0 fully saturated rings. The number of para-hydroxylation sites is 1. The molecule has 0 aliphatic heterocycles. The fourth-order valence-corrected chi connectivity index (χ4v) is 2.80. The highest BCUT2D eigenvalue weighted by Crippen LogP contribution is 2.31. The van der Waals surface area contributed by atoms with Gasteiger partial charge in [-0.05, 0) is 37.3 Å². The molecule has 0 radical (unpaired) electrons. The number of nitrogens with one attached hydrogen (secondary N) is 1. The van der Waals surface area contributed by atoms with Crippen LogP contribution in [-0.2, 0) is 0 Å². The van der Waals surface area contributed by atoms with Crippen LogP contribution in [0.1, 0.15) is 31.2 Å². The van der Waals surface area contributed by atoms with Crippen molar-refractivity contribution in [1.29, 1.82) is 0 Å². The highest BCUT2D eigenvalue weighted by Gasteiger charge is 2.17. The first-order valence-corrected chi connectivity index (χ1v) is 8.67. The summed E-state index contributed by atoms with van der Waals surface area (Å²) in [5, 5.41) is 8.61. The molecule has 5 heteroatoms. The first-order valence-electron chi connectivity index (χ1n) is 8.67. The van der Waals surface area contributed by atoms with Gasteiger partial charge in [0.2, 0.25) is 11.7 Å². The number of benzene rings is 2. The van der Waals surface area contributed by atoms with Gasteiger partial charge < -0.3 is 9.84 Å². The van der Waals surface area contributed by atoms with E-state index in [1.807, 2.05) is 50.2 Å². The molecule has 1 N–H and O–H groups in total. The minimum atomic E-state index is 0.178. The molecule has 2 aromatic heterocycles. The van der Waals surface area contributed by atoms with Crippen LogP contribution in [0.5, 0.6) is 0 Å². The van der Waals surface area contributed by atoms with Gasteiger partial charge in [-0.25, -0.2) is 4.98 Å². The Balaban J connectivity index is 1.87. The summed E-state index contributed by atoms with van der Waals surface area (Å²) in [5.74, 6) is 2.05. The normalized spacial score (nSPS) is 11.2. The smallest absolute Gasteiger partial charge is 0.229 e. The summed E-state index contributed by atoms with van der Waals surface area (Å²) < 4.78 is 5.40. The predicted octanol–water partition coefficient (Wildman–Crippen LogP) is 5.46. The van der Waals surface area contributed by atoms with Gasteiger partial charge in [0.1, 0.15) is 5.82 Å². The average molecular weight is 344 g/mol. The number of nitrogens with zero attached hydrogens (tertiary/aromatic N) is 3. The second-order valence-corrected chi connectivity index (χ2v) is 6.68. The SMILES string of the molecule is Cc1ccc2nc(Nc3ccccc3)c(-c3noc(C(C)C)n3)cc2c1. The van der Waals surface area contributed by atoms with Gasteiger partial charge >= 0.3 is 0 Å². The Bertz CT molecular complexity index is 1050.